The van der Waals surface area contributed by atoms with Crippen LogP contribution in [0.5, 0.6) is 0 Å². The first-order valence-electron chi connectivity index (χ1n) is 20.2. The van der Waals surface area contributed by atoms with Crippen LogP contribution < -0.4 is 10.6 Å². The zero-order valence-corrected chi connectivity index (χ0v) is 36.5. The number of hydrogen-bond donors (Lipinski definition) is 10. The summed E-state index contributed by atoms with van der Waals surface area (Å²) in [4.78, 5) is 112. The van der Waals surface area contributed by atoms with E-state index in [1.807, 2.05) is 6.92 Å². The molecule has 0 saturated heterocycles. The van der Waals surface area contributed by atoms with E-state index in [2.05, 4.69) is 10.6 Å². The van der Waals surface area contributed by atoms with Gasteiger partial charge in [0, 0.05) is 64.5 Å². The maximum Gasteiger partial charge on any atom is 0.317 e. The van der Waals surface area contributed by atoms with Crippen molar-refractivity contribution in [3.8, 4) is 0 Å². The Morgan fingerprint density at radius 1 is 0.508 bits per heavy atom. The monoisotopic (exact) mass is 927 g/mol. The highest BCUT2D eigenvalue weighted by molar-refractivity contribution is 7.99. The molecule has 0 aliphatic carbocycles. The molecule has 0 saturated carbocycles. The van der Waals surface area contributed by atoms with E-state index in [0.29, 0.717) is 30.8 Å². The van der Waals surface area contributed by atoms with Crippen LogP contribution in [0.3, 0.4) is 0 Å². The summed E-state index contributed by atoms with van der Waals surface area (Å²) in [6, 6.07) is 0. The second kappa shape index (κ2) is 34.7. The number of thioether (sulfide) groups is 1. The lowest BCUT2D eigenvalue weighted by Crippen LogP contribution is -2.48. The van der Waals surface area contributed by atoms with Gasteiger partial charge in [0.1, 0.15) is 0 Å². The second-order valence-corrected chi connectivity index (χ2v) is 15.6. The lowest BCUT2D eigenvalue weighted by atomic mass is 10.2. The fourth-order valence-corrected chi connectivity index (χ4v) is 6.59. The molecule has 63 heavy (non-hydrogen) atoms. The average Bonchev–Trinajstić information content (AvgIpc) is 3.16. The fraction of sp³-hybridized carbons (Fsp3) is 0.757. The predicted octanol–water partition coefficient (Wildman–Crippen LogP) is -3.80. The third kappa shape index (κ3) is 34.5. The summed E-state index contributed by atoms with van der Waals surface area (Å²) in [7, 11) is 0. The molecule has 0 radical (unpaired) electrons. The summed E-state index contributed by atoms with van der Waals surface area (Å²) in [5.74, 6) is -8.25. The van der Waals surface area contributed by atoms with Gasteiger partial charge in [0.15, 0.2) is 0 Å². The Bertz CT molecular complexity index is 1330. The number of amides is 3. The first-order valence-corrected chi connectivity index (χ1v) is 21.4. The average molecular weight is 928 g/mol. The Balaban J connectivity index is 5.46. The zero-order chi connectivity index (χ0) is 47.7. The predicted molar refractivity (Wildman–Crippen MR) is 223 cm³/mol. The zero-order valence-electron chi connectivity index (χ0n) is 35.6. The molecule has 0 heterocycles. The largest absolute Gasteiger partial charge is 0.480 e. The molecule has 362 valence electrons. The summed E-state index contributed by atoms with van der Waals surface area (Å²) in [5.41, 5.74) is 0. The summed E-state index contributed by atoms with van der Waals surface area (Å²) in [5, 5.41) is 79.8. The number of aliphatic carboxylic acids is 6. The quantitative estimate of drug-likeness (QED) is 0.0263. The normalized spacial score (nSPS) is 12.3. The van der Waals surface area contributed by atoms with E-state index in [1.54, 1.807) is 0 Å². The Kier molecular flexibility index (Phi) is 32.2. The summed E-state index contributed by atoms with van der Waals surface area (Å²) in [6.07, 6.45) is 1.25. The van der Waals surface area contributed by atoms with Gasteiger partial charge in [-0.1, -0.05) is 13.3 Å². The third-order valence-electron chi connectivity index (χ3n) is 8.69. The topological polar surface area (TPSA) is 365 Å². The van der Waals surface area contributed by atoms with Crippen molar-refractivity contribution in [1.29, 1.82) is 0 Å². The SMILES string of the molecule is CCC(O)COCC(O)CSCCCCCC(=O)N(CCNC(=O)CN(CCN(CC(=O)O)CC(=O)O)CC(=O)O)CCNC(=O)CN(CCN(CC(=O)O)CC(=O)O)CC(=O)O. The van der Waals surface area contributed by atoms with Crippen molar-refractivity contribution in [2.75, 3.05) is 129 Å². The molecule has 0 aliphatic heterocycles. The van der Waals surface area contributed by atoms with Crippen LogP contribution in [-0.4, -0.2) is 261 Å². The molecule has 0 aromatic heterocycles. The van der Waals surface area contributed by atoms with Gasteiger partial charge in [0.05, 0.1) is 77.8 Å². The lowest BCUT2D eigenvalue weighted by molar-refractivity contribution is -0.144. The minimum absolute atomic E-state index is 0.0381. The van der Waals surface area contributed by atoms with Crippen molar-refractivity contribution in [2.45, 2.75) is 51.2 Å². The van der Waals surface area contributed by atoms with E-state index in [0.717, 1.165) is 16.2 Å². The molecular weight excluding hydrogens is 863 g/mol. The number of ether oxygens (including phenoxy) is 1. The van der Waals surface area contributed by atoms with E-state index in [9.17, 15) is 63.6 Å². The molecule has 0 spiro atoms. The second-order valence-electron chi connectivity index (χ2n) is 14.4. The van der Waals surface area contributed by atoms with Crippen molar-refractivity contribution < 1.29 is 88.7 Å². The number of nitrogens with one attached hydrogen (secondary N) is 2. The third-order valence-corrected chi connectivity index (χ3v) is 9.89. The van der Waals surface area contributed by atoms with Crippen LogP contribution in [0.15, 0.2) is 0 Å². The summed E-state index contributed by atoms with van der Waals surface area (Å²) >= 11 is 1.51. The Morgan fingerprint density at radius 3 is 1.24 bits per heavy atom. The van der Waals surface area contributed by atoms with Gasteiger partial charge in [0.2, 0.25) is 17.7 Å². The van der Waals surface area contributed by atoms with Crippen LogP contribution >= 0.6 is 11.8 Å². The molecule has 0 rings (SSSR count). The number of carbonyl (C=O) groups excluding carboxylic acids is 3. The number of aliphatic hydroxyl groups excluding tert-OH is 2. The van der Waals surface area contributed by atoms with E-state index in [-0.39, 0.29) is 77.9 Å². The van der Waals surface area contributed by atoms with Crippen molar-refractivity contribution in [2.24, 2.45) is 0 Å². The van der Waals surface area contributed by atoms with Gasteiger partial charge in [0.25, 0.3) is 0 Å². The molecule has 26 heteroatoms. The first-order chi connectivity index (χ1) is 29.7. The molecule has 25 nitrogen and oxygen atoms in total. The van der Waals surface area contributed by atoms with Crippen molar-refractivity contribution >= 4 is 65.3 Å². The van der Waals surface area contributed by atoms with Crippen LogP contribution in [0.1, 0.15) is 39.0 Å². The minimum Gasteiger partial charge on any atom is -0.480 e. The van der Waals surface area contributed by atoms with Gasteiger partial charge < -0.3 is 61.1 Å². The molecule has 2 unspecified atom stereocenters. The first kappa shape index (κ1) is 58.3. The Labute approximate surface area is 369 Å². The van der Waals surface area contributed by atoms with Crippen molar-refractivity contribution in [3.05, 3.63) is 0 Å². The van der Waals surface area contributed by atoms with Gasteiger partial charge in [-0.2, -0.15) is 11.8 Å². The number of aliphatic hydroxyl groups is 2. The smallest absolute Gasteiger partial charge is 0.317 e. The van der Waals surface area contributed by atoms with E-state index < -0.39 is 112 Å². The Hall–Kier alpha value is -4.70. The highest BCUT2D eigenvalue weighted by atomic mass is 32.2. The maximum atomic E-state index is 13.4. The maximum absolute atomic E-state index is 13.4. The standard InChI is InChI=1S/C37H65N7O18S/c1-2-27(45)24-62-25-28(46)26-63-15-5-3-4-6-31(49)44(9-7-38-29(47)16-40(18-32(50)51)11-13-42(20-34(54)55)21-35(56)57)10-8-39-30(48)17-41(19-33(52)53)12-14-43(22-36(58)59)23-37(60)61/h27-28,45-46H,2-26H2,1H3,(H,38,47)(H,39,48)(H,50,51)(H,52,53)(H,54,55)(H,56,57)(H,58,59)(H,60,61). The van der Waals surface area contributed by atoms with Gasteiger partial charge in [-0.25, -0.2) is 0 Å². The molecule has 0 bridgehead atoms. The van der Waals surface area contributed by atoms with Crippen LogP contribution in [0.2, 0.25) is 0 Å². The molecule has 0 fully saturated rings. The number of unbranched alkanes of at least 4 members (excludes halogenated alkanes) is 2. The highest BCUT2D eigenvalue weighted by Crippen LogP contribution is 2.11. The van der Waals surface area contributed by atoms with E-state index in [4.69, 9.17) is 25.2 Å². The summed E-state index contributed by atoms with van der Waals surface area (Å²) in [6.45, 7) is -3.52. The van der Waals surface area contributed by atoms with Gasteiger partial charge in [-0.15, -0.1) is 0 Å². The van der Waals surface area contributed by atoms with E-state index >= 15 is 0 Å². The van der Waals surface area contributed by atoms with Gasteiger partial charge >= 0.3 is 35.8 Å². The molecule has 0 aliphatic rings. The van der Waals surface area contributed by atoms with Crippen LogP contribution in [-0.2, 0) is 47.9 Å². The molecule has 0 aromatic rings. The molecular formula is C37H65N7O18S. The number of nitrogens with zero attached hydrogens (tertiary/aromatic N) is 5. The molecule has 10 N–H and O–H groups in total. The Morgan fingerprint density at radius 2 is 0.873 bits per heavy atom. The molecule has 0 aromatic carbocycles. The number of carboxylic acids is 6. The fourth-order valence-electron chi connectivity index (χ4n) is 5.65. The number of carboxylic acid groups (broad SMARTS) is 6. The summed E-state index contributed by atoms with van der Waals surface area (Å²) < 4.78 is 5.30. The number of hydrogen-bond acceptors (Lipinski definition) is 17. The van der Waals surface area contributed by atoms with Crippen LogP contribution in [0, 0.1) is 0 Å². The van der Waals surface area contributed by atoms with Gasteiger partial charge in [-0.05, 0) is 25.0 Å². The minimum atomic E-state index is -1.30. The van der Waals surface area contributed by atoms with Crippen molar-refractivity contribution in [1.82, 2.24) is 35.1 Å². The lowest BCUT2D eigenvalue weighted by Gasteiger charge is -2.26. The number of carbonyl (C=O) groups is 9. The molecule has 3 amide bonds. The van der Waals surface area contributed by atoms with Gasteiger partial charge in [-0.3, -0.25) is 62.8 Å². The highest BCUT2D eigenvalue weighted by Gasteiger charge is 2.21. The van der Waals surface area contributed by atoms with Crippen molar-refractivity contribution in [3.63, 3.8) is 0 Å². The van der Waals surface area contributed by atoms with Crippen LogP contribution in [0.4, 0.5) is 0 Å². The number of rotatable bonds is 41. The molecule has 2 atom stereocenters. The van der Waals surface area contributed by atoms with Crippen LogP contribution in [0.25, 0.3) is 0 Å². The van der Waals surface area contributed by atoms with E-state index in [1.165, 1.54) is 26.5 Å².